The number of esters is 1. The summed E-state index contributed by atoms with van der Waals surface area (Å²) in [4.78, 5) is 15.9. The van der Waals surface area contributed by atoms with Crippen molar-refractivity contribution in [2.45, 2.75) is 26.3 Å². The van der Waals surface area contributed by atoms with Crippen LogP contribution in [0.2, 0.25) is 0 Å². The number of hydrogen-bond acceptors (Lipinski definition) is 5. The first-order valence-corrected chi connectivity index (χ1v) is 6.08. The third-order valence-corrected chi connectivity index (χ3v) is 3.06. The first-order valence-electron chi connectivity index (χ1n) is 6.08. The van der Waals surface area contributed by atoms with Gasteiger partial charge in [0.25, 0.3) is 0 Å². The highest BCUT2D eigenvalue weighted by molar-refractivity contribution is 5.92. The van der Waals surface area contributed by atoms with Crippen molar-refractivity contribution in [3.05, 3.63) is 35.7 Å². The maximum Gasteiger partial charge on any atom is 0.360 e. The smallest absolute Gasteiger partial charge is 0.360 e. The topological polar surface area (TPSA) is 83.3 Å². The molecule has 0 radical (unpaired) electrons. The fourth-order valence-corrected chi connectivity index (χ4v) is 2.08. The minimum absolute atomic E-state index is 0.129. The highest BCUT2D eigenvalue weighted by atomic mass is 16.5. The Morgan fingerprint density at radius 1 is 1.63 bits per heavy atom. The zero-order valence-electron chi connectivity index (χ0n) is 11.2. The summed E-state index contributed by atoms with van der Waals surface area (Å²) in [7, 11) is 1.31. The lowest BCUT2D eigenvalue weighted by molar-refractivity contribution is 0.0595. The molecule has 1 unspecified atom stereocenters. The molecule has 0 aliphatic carbocycles. The molecule has 102 valence electrons. The van der Waals surface area contributed by atoms with Crippen LogP contribution in [0.3, 0.4) is 0 Å². The molecule has 0 saturated heterocycles. The zero-order chi connectivity index (χ0) is 14.0. The van der Waals surface area contributed by atoms with Crippen molar-refractivity contribution in [2.75, 3.05) is 12.8 Å². The number of imidazole rings is 1. The van der Waals surface area contributed by atoms with E-state index >= 15 is 0 Å². The fourth-order valence-electron chi connectivity index (χ4n) is 2.08. The second-order valence-corrected chi connectivity index (χ2v) is 4.17. The van der Waals surface area contributed by atoms with Gasteiger partial charge in [-0.15, -0.1) is 0 Å². The summed E-state index contributed by atoms with van der Waals surface area (Å²) in [6, 6.07) is 3.54. The Kier molecular flexibility index (Phi) is 3.59. The van der Waals surface area contributed by atoms with Crippen LogP contribution >= 0.6 is 0 Å². The first kappa shape index (κ1) is 13.2. The number of carbonyl (C=O) groups is 1. The second-order valence-electron chi connectivity index (χ2n) is 4.17. The van der Waals surface area contributed by atoms with Gasteiger partial charge in [-0.3, -0.25) is 0 Å². The van der Waals surface area contributed by atoms with Crippen molar-refractivity contribution < 1.29 is 13.9 Å². The summed E-state index contributed by atoms with van der Waals surface area (Å²) >= 11 is 0. The number of ether oxygens (including phenoxy) is 1. The lowest BCUT2D eigenvalue weighted by Crippen LogP contribution is -2.13. The first-order chi connectivity index (χ1) is 9.10. The molecule has 0 spiro atoms. The quantitative estimate of drug-likeness (QED) is 0.853. The number of carbonyl (C=O) groups excluding carboxylic acids is 1. The molecule has 2 N–H and O–H groups in total. The molecule has 0 bridgehead atoms. The molecule has 0 saturated carbocycles. The predicted octanol–water partition coefficient (Wildman–Crippen LogP) is 2.02. The van der Waals surface area contributed by atoms with Crippen molar-refractivity contribution in [2.24, 2.45) is 0 Å². The molecular formula is C13H17N3O3. The molecule has 0 aromatic carbocycles. The van der Waals surface area contributed by atoms with Gasteiger partial charge in [0, 0.05) is 6.42 Å². The third kappa shape index (κ3) is 2.21. The maximum atomic E-state index is 11.6. The van der Waals surface area contributed by atoms with Gasteiger partial charge in [0.05, 0.1) is 19.4 Å². The second kappa shape index (κ2) is 5.17. The van der Waals surface area contributed by atoms with Crippen LogP contribution in [0.15, 0.2) is 22.8 Å². The van der Waals surface area contributed by atoms with Crippen LogP contribution in [0.5, 0.6) is 0 Å². The molecule has 1 atom stereocenters. The molecule has 0 aliphatic rings. The molecule has 6 heteroatoms. The van der Waals surface area contributed by atoms with Crippen LogP contribution in [0.25, 0.3) is 0 Å². The molecule has 2 rings (SSSR count). The maximum absolute atomic E-state index is 11.6. The molecule has 2 aromatic rings. The standard InChI is InChI=1S/C13H17N3O3/c1-4-10-15-11(13(17)18-3)12(14)16(10)8(2)9-6-5-7-19-9/h5-8H,4,14H2,1-3H3. The Balaban J connectivity index is 2.50. The summed E-state index contributed by atoms with van der Waals surface area (Å²) in [5, 5.41) is 0. The van der Waals surface area contributed by atoms with E-state index < -0.39 is 5.97 Å². The van der Waals surface area contributed by atoms with Gasteiger partial charge in [0.15, 0.2) is 5.69 Å². The minimum Gasteiger partial charge on any atom is -0.467 e. The summed E-state index contributed by atoms with van der Waals surface area (Å²) in [5.74, 6) is 1.25. The molecule has 19 heavy (non-hydrogen) atoms. The Morgan fingerprint density at radius 3 is 2.89 bits per heavy atom. The number of nitrogens with two attached hydrogens (primary N) is 1. The number of nitrogen functional groups attached to an aromatic ring is 1. The SMILES string of the molecule is CCc1nc(C(=O)OC)c(N)n1C(C)c1ccco1. The number of aryl methyl sites for hydroxylation is 1. The van der Waals surface area contributed by atoms with Crippen LogP contribution < -0.4 is 5.73 Å². The van der Waals surface area contributed by atoms with Crippen LogP contribution in [0, 0.1) is 0 Å². The summed E-state index contributed by atoms with van der Waals surface area (Å²) in [6.45, 7) is 3.89. The van der Waals surface area contributed by atoms with Crippen molar-refractivity contribution in [3.63, 3.8) is 0 Å². The molecule has 2 heterocycles. The van der Waals surface area contributed by atoms with E-state index in [0.717, 1.165) is 11.6 Å². The lowest BCUT2D eigenvalue weighted by atomic mass is 10.2. The van der Waals surface area contributed by atoms with Crippen LogP contribution in [0.1, 0.15) is 42.0 Å². The molecule has 0 amide bonds. The van der Waals surface area contributed by atoms with E-state index in [2.05, 4.69) is 9.72 Å². The number of methoxy groups -OCH3 is 1. The third-order valence-electron chi connectivity index (χ3n) is 3.06. The van der Waals surface area contributed by atoms with E-state index in [1.165, 1.54) is 7.11 Å². The number of aromatic nitrogens is 2. The predicted molar refractivity (Wildman–Crippen MR) is 69.9 cm³/mol. The molecular weight excluding hydrogens is 246 g/mol. The number of rotatable bonds is 4. The fraction of sp³-hybridized carbons (Fsp3) is 0.385. The van der Waals surface area contributed by atoms with E-state index in [4.69, 9.17) is 10.2 Å². The van der Waals surface area contributed by atoms with E-state index in [0.29, 0.717) is 12.2 Å². The summed E-state index contributed by atoms with van der Waals surface area (Å²) < 4.78 is 11.9. The van der Waals surface area contributed by atoms with Crippen molar-refractivity contribution >= 4 is 11.8 Å². The lowest BCUT2D eigenvalue weighted by Gasteiger charge is -2.15. The van der Waals surface area contributed by atoms with Crippen molar-refractivity contribution in [3.8, 4) is 0 Å². The Morgan fingerprint density at radius 2 is 2.37 bits per heavy atom. The zero-order valence-corrected chi connectivity index (χ0v) is 11.2. The minimum atomic E-state index is -0.530. The normalized spacial score (nSPS) is 12.4. The van der Waals surface area contributed by atoms with Crippen LogP contribution in [0.4, 0.5) is 5.82 Å². The number of anilines is 1. The van der Waals surface area contributed by atoms with Gasteiger partial charge in [0.1, 0.15) is 17.4 Å². The molecule has 0 fully saturated rings. The van der Waals surface area contributed by atoms with Crippen molar-refractivity contribution in [1.82, 2.24) is 9.55 Å². The Hall–Kier alpha value is -2.24. The Labute approximate surface area is 111 Å². The molecule has 0 aliphatic heterocycles. The van der Waals surface area contributed by atoms with Crippen molar-refractivity contribution in [1.29, 1.82) is 0 Å². The monoisotopic (exact) mass is 263 g/mol. The van der Waals surface area contributed by atoms with Crippen LogP contribution in [-0.4, -0.2) is 22.6 Å². The van der Waals surface area contributed by atoms with Gasteiger partial charge < -0.3 is 19.5 Å². The van der Waals surface area contributed by atoms with Gasteiger partial charge in [-0.05, 0) is 19.1 Å². The highest BCUT2D eigenvalue weighted by Gasteiger charge is 2.24. The van der Waals surface area contributed by atoms with Gasteiger partial charge in [-0.1, -0.05) is 6.92 Å². The van der Waals surface area contributed by atoms with E-state index in [9.17, 15) is 4.79 Å². The number of nitrogens with zero attached hydrogens (tertiary/aromatic N) is 2. The highest BCUT2D eigenvalue weighted by Crippen LogP contribution is 2.26. The largest absolute Gasteiger partial charge is 0.467 e. The number of furan rings is 1. The average molecular weight is 263 g/mol. The van der Waals surface area contributed by atoms with E-state index in [1.54, 1.807) is 10.8 Å². The van der Waals surface area contributed by atoms with E-state index in [-0.39, 0.29) is 11.7 Å². The van der Waals surface area contributed by atoms with Gasteiger partial charge in [0.2, 0.25) is 0 Å². The number of hydrogen-bond donors (Lipinski definition) is 1. The van der Waals surface area contributed by atoms with E-state index in [1.807, 2.05) is 26.0 Å². The Bertz CT molecular complexity index is 572. The molecule has 2 aromatic heterocycles. The van der Waals surface area contributed by atoms with Gasteiger partial charge >= 0.3 is 5.97 Å². The van der Waals surface area contributed by atoms with Gasteiger partial charge in [-0.25, -0.2) is 9.78 Å². The molecule has 6 nitrogen and oxygen atoms in total. The van der Waals surface area contributed by atoms with Crippen LogP contribution in [-0.2, 0) is 11.2 Å². The van der Waals surface area contributed by atoms with Gasteiger partial charge in [-0.2, -0.15) is 0 Å². The summed E-state index contributed by atoms with van der Waals surface area (Å²) in [6.07, 6.45) is 2.26. The summed E-state index contributed by atoms with van der Waals surface area (Å²) in [5.41, 5.74) is 6.17. The average Bonchev–Trinajstić information content (AvgIpc) is 3.04.